The predicted octanol–water partition coefficient (Wildman–Crippen LogP) is 6.64. The summed E-state index contributed by atoms with van der Waals surface area (Å²) in [7, 11) is 1.48. The highest BCUT2D eigenvalue weighted by Gasteiger charge is 2.24. The number of hydrogen-bond acceptors (Lipinski definition) is 1. The third kappa shape index (κ3) is 3.60. The Morgan fingerprint density at radius 1 is 1.10 bits per heavy atom. The maximum Gasteiger partial charge on any atom is 0.137 e. The summed E-state index contributed by atoms with van der Waals surface area (Å²) in [4.78, 5) is -0.740. The van der Waals surface area contributed by atoms with Crippen molar-refractivity contribution >= 4 is 59.4 Å². The predicted molar refractivity (Wildman–Crippen MR) is 90.5 cm³/mol. The molecule has 0 aliphatic heterocycles. The molecule has 0 saturated carbocycles. The summed E-state index contributed by atoms with van der Waals surface area (Å²) in [6.07, 6.45) is 0. The zero-order chi connectivity index (χ0) is 15.7. The first-order chi connectivity index (χ1) is 9.85. The molecule has 2 aromatic carbocycles. The highest BCUT2D eigenvalue weighted by molar-refractivity contribution is 9.11. The number of halogens is 6. The lowest BCUT2D eigenvalue weighted by Gasteiger charge is -2.18. The molecule has 0 heterocycles. The molecule has 0 aromatic heterocycles. The second-order valence-electron chi connectivity index (χ2n) is 4.16. The molecule has 7 heteroatoms. The lowest BCUT2D eigenvalue weighted by Crippen LogP contribution is -2.03. The molecule has 1 nitrogen and oxygen atoms in total. The molecule has 0 aliphatic carbocycles. The van der Waals surface area contributed by atoms with Crippen LogP contribution in [0.2, 0.25) is 5.02 Å². The van der Waals surface area contributed by atoms with Gasteiger partial charge in [0.15, 0.2) is 0 Å². The van der Waals surface area contributed by atoms with E-state index >= 15 is 0 Å². The maximum atomic E-state index is 14.1. The van der Waals surface area contributed by atoms with Crippen LogP contribution in [0.15, 0.2) is 33.2 Å². The second-order valence-corrected chi connectivity index (χ2v) is 7.28. The minimum Gasteiger partial charge on any atom is -0.495 e. The summed E-state index contributed by atoms with van der Waals surface area (Å²) in [5.41, 5.74) is 0.419. The summed E-state index contributed by atoms with van der Waals surface area (Å²) in [6.45, 7) is 0. The van der Waals surface area contributed by atoms with Gasteiger partial charge in [-0.15, -0.1) is 0 Å². The molecule has 2 aromatic rings. The fourth-order valence-electron chi connectivity index (χ4n) is 1.93. The SMILES string of the molecule is COc1c(Br)cc(Cl)cc1C(Br)c1c(F)cc(Br)cc1F. The zero-order valence-corrected chi connectivity index (χ0v) is 16.1. The van der Waals surface area contributed by atoms with Gasteiger partial charge in [-0.05, 0) is 40.2 Å². The van der Waals surface area contributed by atoms with E-state index in [4.69, 9.17) is 16.3 Å². The van der Waals surface area contributed by atoms with Gasteiger partial charge in [0.25, 0.3) is 0 Å². The van der Waals surface area contributed by atoms with Crippen molar-refractivity contribution in [3.05, 3.63) is 61.0 Å². The van der Waals surface area contributed by atoms with E-state index in [1.807, 2.05) is 0 Å². The van der Waals surface area contributed by atoms with E-state index in [0.717, 1.165) is 0 Å². The molecule has 0 bridgehead atoms. The normalized spacial score (nSPS) is 12.3. The van der Waals surface area contributed by atoms with Crippen molar-refractivity contribution in [2.24, 2.45) is 0 Å². The van der Waals surface area contributed by atoms with Gasteiger partial charge >= 0.3 is 0 Å². The molecule has 0 saturated heterocycles. The van der Waals surface area contributed by atoms with E-state index in [1.54, 1.807) is 12.1 Å². The Morgan fingerprint density at radius 2 is 1.67 bits per heavy atom. The smallest absolute Gasteiger partial charge is 0.137 e. The number of ether oxygens (including phenoxy) is 1. The van der Waals surface area contributed by atoms with Crippen LogP contribution in [-0.2, 0) is 0 Å². The Bertz CT molecular complexity index is 671. The van der Waals surface area contributed by atoms with Gasteiger partial charge in [0.2, 0.25) is 0 Å². The number of methoxy groups -OCH3 is 1. The lowest BCUT2D eigenvalue weighted by atomic mass is 10.0. The quantitative estimate of drug-likeness (QED) is 0.426. The molecule has 0 spiro atoms. The van der Waals surface area contributed by atoms with Gasteiger partial charge in [-0.25, -0.2) is 8.78 Å². The van der Waals surface area contributed by atoms with Crippen LogP contribution in [0.5, 0.6) is 5.75 Å². The molecule has 0 fully saturated rings. The standard InChI is InChI=1S/C14H8Br3ClF2O/c1-21-14-8(4-7(18)5-9(14)16)13(17)12-10(19)2-6(15)3-11(12)20/h2-5,13H,1H3. The molecular formula is C14H8Br3ClF2O. The highest BCUT2D eigenvalue weighted by atomic mass is 79.9. The molecule has 1 unspecified atom stereocenters. The van der Waals surface area contributed by atoms with Crippen LogP contribution in [0.4, 0.5) is 8.78 Å². The number of rotatable bonds is 3. The summed E-state index contributed by atoms with van der Waals surface area (Å²) in [5, 5.41) is 0.431. The molecule has 1 atom stereocenters. The minimum atomic E-state index is -0.740. The Balaban J connectivity index is 2.63. The van der Waals surface area contributed by atoms with Crippen LogP contribution in [0, 0.1) is 11.6 Å². The van der Waals surface area contributed by atoms with E-state index in [2.05, 4.69) is 47.8 Å². The summed E-state index contributed by atoms with van der Waals surface area (Å²) in [5.74, 6) is -0.869. The van der Waals surface area contributed by atoms with Crippen LogP contribution >= 0.6 is 59.4 Å². The van der Waals surface area contributed by atoms with Crippen LogP contribution in [0.25, 0.3) is 0 Å². The van der Waals surface area contributed by atoms with E-state index in [1.165, 1.54) is 19.2 Å². The average molecular weight is 505 g/mol. The van der Waals surface area contributed by atoms with Crippen molar-refractivity contribution < 1.29 is 13.5 Å². The summed E-state index contributed by atoms with van der Waals surface area (Å²) in [6, 6.07) is 5.67. The van der Waals surface area contributed by atoms with E-state index < -0.39 is 16.5 Å². The Hall–Kier alpha value is -0.170. The average Bonchev–Trinajstić information content (AvgIpc) is 2.36. The van der Waals surface area contributed by atoms with Crippen LogP contribution in [-0.4, -0.2) is 7.11 Å². The monoisotopic (exact) mass is 502 g/mol. The molecule has 0 N–H and O–H groups in total. The Kier molecular flexibility index (Phi) is 5.68. The first-order valence-corrected chi connectivity index (χ1v) is 8.54. The Labute approximate surface area is 151 Å². The molecule has 0 aliphatic rings. The first kappa shape index (κ1) is 17.2. The largest absolute Gasteiger partial charge is 0.495 e. The number of alkyl halides is 1. The van der Waals surface area contributed by atoms with Crippen LogP contribution in [0.1, 0.15) is 16.0 Å². The fraction of sp³-hybridized carbons (Fsp3) is 0.143. The molecule has 112 valence electrons. The van der Waals surface area contributed by atoms with E-state index in [-0.39, 0.29) is 5.56 Å². The van der Waals surface area contributed by atoms with Gasteiger partial charge in [0, 0.05) is 20.6 Å². The number of hydrogen-bond donors (Lipinski definition) is 0. The lowest BCUT2D eigenvalue weighted by molar-refractivity contribution is 0.407. The van der Waals surface area contributed by atoms with Gasteiger partial charge in [0.1, 0.15) is 17.4 Å². The first-order valence-electron chi connectivity index (χ1n) is 5.66. The fourth-order valence-corrected chi connectivity index (χ4v) is 4.11. The van der Waals surface area contributed by atoms with E-state index in [0.29, 0.717) is 25.3 Å². The third-order valence-electron chi connectivity index (χ3n) is 2.81. The Morgan fingerprint density at radius 3 is 2.19 bits per heavy atom. The molecule has 21 heavy (non-hydrogen) atoms. The van der Waals surface area contributed by atoms with Crippen molar-refractivity contribution in [1.29, 1.82) is 0 Å². The van der Waals surface area contributed by atoms with Gasteiger partial charge in [-0.2, -0.15) is 0 Å². The van der Waals surface area contributed by atoms with Gasteiger partial charge < -0.3 is 4.74 Å². The topological polar surface area (TPSA) is 9.23 Å². The third-order valence-corrected chi connectivity index (χ3v) is 5.03. The van der Waals surface area contributed by atoms with Gasteiger partial charge in [0.05, 0.1) is 16.4 Å². The number of benzene rings is 2. The molecule has 2 rings (SSSR count). The van der Waals surface area contributed by atoms with Crippen LogP contribution < -0.4 is 4.74 Å². The van der Waals surface area contributed by atoms with Gasteiger partial charge in [-0.1, -0.05) is 43.5 Å². The summed E-state index contributed by atoms with van der Waals surface area (Å²) >= 11 is 15.7. The molecule has 0 amide bonds. The van der Waals surface area contributed by atoms with Crippen molar-refractivity contribution in [2.45, 2.75) is 4.83 Å². The van der Waals surface area contributed by atoms with Crippen molar-refractivity contribution in [3.63, 3.8) is 0 Å². The van der Waals surface area contributed by atoms with Crippen molar-refractivity contribution in [2.75, 3.05) is 7.11 Å². The second kappa shape index (κ2) is 6.94. The zero-order valence-electron chi connectivity index (χ0n) is 10.6. The van der Waals surface area contributed by atoms with Crippen molar-refractivity contribution in [3.8, 4) is 5.75 Å². The minimum absolute atomic E-state index is 0.106. The van der Waals surface area contributed by atoms with Gasteiger partial charge in [-0.3, -0.25) is 0 Å². The van der Waals surface area contributed by atoms with Crippen LogP contribution in [0.3, 0.4) is 0 Å². The maximum absolute atomic E-state index is 14.1. The summed E-state index contributed by atoms with van der Waals surface area (Å²) < 4.78 is 34.4. The highest BCUT2D eigenvalue weighted by Crippen LogP contribution is 2.43. The molecule has 0 radical (unpaired) electrons. The van der Waals surface area contributed by atoms with Crippen molar-refractivity contribution in [1.82, 2.24) is 0 Å². The van der Waals surface area contributed by atoms with E-state index in [9.17, 15) is 8.78 Å². The molecular weight excluding hydrogens is 497 g/mol.